The summed E-state index contributed by atoms with van der Waals surface area (Å²) in [7, 11) is 1.87. The quantitative estimate of drug-likeness (QED) is 0.846. The predicted molar refractivity (Wildman–Crippen MR) is 81.1 cm³/mol. The minimum absolute atomic E-state index is 0.174. The molecule has 0 unspecified atom stereocenters. The molecule has 0 aliphatic rings. The first-order valence-corrected chi connectivity index (χ1v) is 7.01. The number of benzene rings is 2. The van der Waals surface area contributed by atoms with Crippen LogP contribution >= 0.6 is 0 Å². The summed E-state index contributed by atoms with van der Waals surface area (Å²) in [5, 5.41) is 3.09. The molecule has 1 N–H and O–H groups in total. The monoisotopic (exact) mass is 289 g/mol. The number of nitrogens with one attached hydrogen (secondary N) is 1. The van der Waals surface area contributed by atoms with Crippen molar-refractivity contribution < 1.29 is 13.9 Å². The average molecular weight is 289 g/mol. The lowest BCUT2D eigenvalue weighted by atomic mass is 10.1. The lowest BCUT2D eigenvalue weighted by Gasteiger charge is -2.16. The molecule has 0 atom stereocenters. The van der Waals surface area contributed by atoms with Crippen molar-refractivity contribution in [2.24, 2.45) is 0 Å². The lowest BCUT2D eigenvalue weighted by Crippen LogP contribution is -2.09. The van der Waals surface area contributed by atoms with Crippen LogP contribution in [0.2, 0.25) is 0 Å². The van der Waals surface area contributed by atoms with Crippen LogP contribution in [0.25, 0.3) is 0 Å². The van der Waals surface area contributed by atoms with Crippen LogP contribution in [0.1, 0.15) is 18.1 Å². The van der Waals surface area contributed by atoms with Crippen LogP contribution in [0.5, 0.6) is 11.5 Å². The minimum Gasteiger partial charge on any atom is -0.490 e. The van der Waals surface area contributed by atoms with Crippen molar-refractivity contribution >= 4 is 0 Å². The van der Waals surface area contributed by atoms with Crippen molar-refractivity contribution in [2.75, 3.05) is 13.7 Å². The van der Waals surface area contributed by atoms with Gasteiger partial charge in [-0.3, -0.25) is 0 Å². The SMILES string of the molecule is CCOc1cccc(CNC)c1OCc1ccccc1F. The minimum atomic E-state index is -0.262. The van der Waals surface area contributed by atoms with E-state index in [1.54, 1.807) is 18.2 Å². The van der Waals surface area contributed by atoms with Gasteiger partial charge in [-0.15, -0.1) is 0 Å². The highest BCUT2D eigenvalue weighted by Gasteiger charge is 2.11. The summed E-state index contributed by atoms with van der Waals surface area (Å²) in [6.45, 7) is 3.31. The van der Waals surface area contributed by atoms with E-state index in [4.69, 9.17) is 9.47 Å². The first-order valence-electron chi connectivity index (χ1n) is 7.01. The Bertz CT molecular complexity index is 563. The highest BCUT2D eigenvalue weighted by molar-refractivity contribution is 5.46. The normalized spacial score (nSPS) is 10.4. The van der Waals surface area contributed by atoms with Gasteiger partial charge in [0.25, 0.3) is 0 Å². The molecule has 0 aliphatic carbocycles. The summed E-state index contributed by atoms with van der Waals surface area (Å²) >= 11 is 0. The molecule has 0 radical (unpaired) electrons. The Labute approximate surface area is 124 Å². The third-order valence-electron chi connectivity index (χ3n) is 3.06. The van der Waals surface area contributed by atoms with Gasteiger partial charge in [-0.1, -0.05) is 30.3 Å². The first kappa shape index (κ1) is 15.3. The van der Waals surface area contributed by atoms with Crippen molar-refractivity contribution in [3.63, 3.8) is 0 Å². The topological polar surface area (TPSA) is 30.5 Å². The van der Waals surface area contributed by atoms with E-state index in [1.807, 2.05) is 32.2 Å². The van der Waals surface area contributed by atoms with Crippen molar-refractivity contribution in [3.8, 4) is 11.5 Å². The summed E-state index contributed by atoms with van der Waals surface area (Å²) in [6, 6.07) is 12.4. The number of rotatable bonds is 7. The van der Waals surface area contributed by atoms with Crippen LogP contribution in [0.3, 0.4) is 0 Å². The van der Waals surface area contributed by atoms with E-state index in [0.29, 0.717) is 30.2 Å². The lowest BCUT2D eigenvalue weighted by molar-refractivity contribution is 0.263. The van der Waals surface area contributed by atoms with Crippen LogP contribution in [0.4, 0.5) is 4.39 Å². The highest BCUT2D eigenvalue weighted by atomic mass is 19.1. The van der Waals surface area contributed by atoms with Crippen LogP contribution in [-0.2, 0) is 13.2 Å². The molecule has 0 aromatic heterocycles. The third kappa shape index (κ3) is 3.95. The number of ether oxygens (including phenoxy) is 2. The van der Waals surface area contributed by atoms with Gasteiger partial charge in [0.2, 0.25) is 0 Å². The standard InChI is InChI=1S/C17H20FNO2/c1-3-20-16-10-6-8-13(11-19-2)17(16)21-12-14-7-4-5-9-15(14)18/h4-10,19H,3,11-12H2,1-2H3. The van der Waals surface area contributed by atoms with Gasteiger partial charge in [-0.2, -0.15) is 0 Å². The van der Waals surface area contributed by atoms with Crippen LogP contribution in [0.15, 0.2) is 42.5 Å². The average Bonchev–Trinajstić information content (AvgIpc) is 2.49. The zero-order valence-corrected chi connectivity index (χ0v) is 12.4. The summed E-state index contributed by atoms with van der Waals surface area (Å²) in [4.78, 5) is 0. The van der Waals surface area contributed by atoms with E-state index in [2.05, 4.69) is 5.32 Å². The maximum absolute atomic E-state index is 13.7. The van der Waals surface area contributed by atoms with Crippen molar-refractivity contribution in [1.82, 2.24) is 5.32 Å². The summed E-state index contributed by atoms with van der Waals surface area (Å²) in [5.41, 5.74) is 1.51. The summed E-state index contributed by atoms with van der Waals surface area (Å²) in [6.07, 6.45) is 0. The van der Waals surface area contributed by atoms with E-state index in [0.717, 1.165) is 5.56 Å². The molecule has 0 aliphatic heterocycles. The fourth-order valence-corrected chi connectivity index (χ4v) is 2.09. The fourth-order valence-electron chi connectivity index (χ4n) is 2.09. The van der Waals surface area contributed by atoms with Crippen molar-refractivity contribution in [2.45, 2.75) is 20.1 Å². The summed E-state index contributed by atoms with van der Waals surface area (Å²) < 4.78 is 25.1. The Morgan fingerprint density at radius 2 is 1.76 bits per heavy atom. The Kier molecular flexibility index (Phi) is 5.58. The highest BCUT2D eigenvalue weighted by Crippen LogP contribution is 2.32. The molecule has 3 nitrogen and oxygen atoms in total. The third-order valence-corrected chi connectivity index (χ3v) is 3.06. The van der Waals surface area contributed by atoms with Crippen LogP contribution in [0, 0.1) is 5.82 Å². The molecular weight excluding hydrogens is 269 g/mol. The zero-order valence-electron chi connectivity index (χ0n) is 12.4. The fraction of sp³-hybridized carbons (Fsp3) is 0.294. The molecule has 0 saturated carbocycles. The van der Waals surface area contributed by atoms with E-state index in [-0.39, 0.29) is 12.4 Å². The van der Waals surface area contributed by atoms with Crippen LogP contribution in [-0.4, -0.2) is 13.7 Å². The van der Waals surface area contributed by atoms with Gasteiger partial charge in [0.15, 0.2) is 11.5 Å². The predicted octanol–water partition coefficient (Wildman–Crippen LogP) is 3.52. The molecule has 0 heterocycles. The Balaban J connectivity index is 2.22. The molecule has 0 amide bonds. The second-order valence-electron chi connectivity index (χ2n) is 4.59. The van der Waals surface area contributed by atoms with E-state index < -0.39 is 0 Å². The maximum Gasteiger partial charge on any atom is 0.166 e. The molecule has 21 heavy (non-hydrogen) atoms. The molecule has 4 heteroatoms. The van der Waals surface area contributed by atoms with Gasteiger partial charge < -0.3 is 14.8 Å². The van der Waals surface area contributed by atoms with Gasteiger partial charge in [-0.05, 0) is 26.1 Å². The molecule has 2 aromatic carbocycles. The molecule has 112 valence electrons. The zero-order chi connectivity index (χ0) is 15.1. The van der Waals surface area contributed by atoms with E-state index in [1.165, 1.54) is 6.07 Å². The molecule has 0 fully saturated rings. The number of halogens is 1. The molecule has 2 rings (SSSR count). The van der Waals surface area contributed by atoms with E-state index in [9.17, 15) is 4.39 Å². The second kappa shape index (κ2) is 7.64. The smallest absolute Gasteiger partial charge is 0.166 e. The van der Waals surface area contributed by atoms with Crippen molar-refractivity contribution in [1.29, 1.82) is 0 Å². The molecule has 0 saturated heterocycles. The largest absolute Gasteiger partial charge is 0.490 e. The number of hydrogen-bond acceptors (Lipinski definition) is 3. The Morgan fingerprint density at radius 1 is 1.00 bits per heavy atom. The molecule has 0 spiro atoms. The number of hydrogen-bond donors (Lipinski definition) is 1. The van der Waals surface area contributed by atoms with Crippen LogP contribution < -0.4 is 14.8 Å². The van der Waals surface area contributed by atoms with Gasteiger partial charge >= 0.3 is 0 Å². The van der Waals surface area contributed by atoms with Gasteiger partial charge in [0.1, 0.15) is 12.4 Å². The maximum atomic E-state index is 13.7. The Morgan fingerprint density at radius 3 is 2.48 bits per heavy atom. The summed E-state index contributed by atoms with van der Waals surface area (Å²) in [5.74, 6) is 1.08. The van der Waals surface area contributed by atoms with Crippen molar-refractivity contribution in [3.05, 3.63) is 59.4 Å². The van der Waals surface area contributed by atoms with Gasteiger partial charge in [0.05, 0.1) is 6.61 Å². The van der Waals surface area contributed by atoms with Gasteiger partial charge in [-0.25, -0.2) is 4.39 Å². The first-order chi connectivity index (χ1) is 10.3. The van der Waals surface area contributed by atoms with Gasteiger partial charge in [0, 0.05) is 17.7 Å². The number of para-hydroxylation sites is 1. The van der Waals surface area contributed by atoms with E-state index >= 15 is 0 Å². The Hall–Kier alpha value is -2.07. The second-order valence-corrected chi connectivity index (χ2v) is 4.59. The molecule has 0 bridgehead atoms. The molecular formula is C17H20FNO2. The molecule has 2 aromatic rings.